The average molecular weight is 351 g/mol. The molecular formula is C21H38N2O2. The maximum atomic E-state index is 12.8. The SMILES string of the molecule is CC(C)C(=O)C1CCCC(C(=O)NC2CCCC(NC(C)(C)C)C2)C1. The Bertz CT molecular complexity index is 467. The Kier molecular flexibility index (Phi) is 7.07. The van der Waals surface area contributed by atoms with Gasteiger partial charge in [-0.15, -0.1) is 0 Å². The molecule has 0 saturated heterocycles. The topological polar surface area (TPSA) is 58.2 Å². The molecule has 0 bridgehead atoms. The molecule has 2 aliphatic carbocycles. The molecule has 25 heavy (non-hydrogen) atoms. The highest BCUT2D eigenvalue weighted by Gasteiger charge is 2.33. The van der Waals surface area contributed by atoms with Crippen LogP contribution in [0.25, 0.3) is 0 Å². The fourth-order valence-electron chi connectivity index (χ4n) is 4.54. The summed E-state index contributed by atoms with van der Waals surface area (Å²) in [4.78, 5) is 25.0. The van der Waals surface area contributed by atoms with Gasteiger partial charge in [0.1, 0.15) is 5.78 Å². The molecule has 2 fully saturated rings. The first kappa shape index (κ1) is 20.4. The van der Waals surface area contributed by atoms with Gasteiger partial charge in [-0.05, 0) is 65.7 Å². The third kappa shape index (κ3) is 6.40. The van der Waals surface area contributed by atoms with Crippen LogP contribution in [-0.4, -0.2) is 29.3 Å². The molecular weight excluding hydrogens is 312 g/mol. The predicted molar refractivity (Wildman–Crippen MR) is 102 cm³/mol. The van der Waals surface area contributed by atoms with E-state index in [0.717, 1.165) is 44.9 Å². The van der Waals surface area contributed by atoms with Crippen LogP contribution in [0, 0.1) is 17.8 Å². The molecule has 144 valence electrons. The molecule has 1 amide bonds. The van der Waals surface area contributed by atoms with Crippen molar-refractivity contribution in [2.24, 2.45) is 17.8 Å². The number of amides is 1. The molecule has 0 aromatic rings. The second kappa shape index (κ2) is 8.66. The van der Waals surface area contributed by atoms with Crippen LogP contribution in [0.15, 0.2) is 0 Å². The lowest BCUT2D eigenvalue weighted by molar-refractivity contribution is -0.131. The Hall–Kier alpha value is -0.900. The Balaban J connectivity index is 1.85. The van der Waals surface area contributed by atoms with Crippen molar-refractivity contribution in [2.45, 2.75) is 104 Å². The molecule has 4 atom stereocenters. The zero-order valence-electron chi connectivity index (χ0n) is 16.9. The summed E-state index contributed by atoms with van der Waals surface area (Å²) < 4.78 is 0. The van der Waals surface area contributed by atoms with Crippen LogP contribution >= 0.6 is 0 Å². The molecule has 2 rings (SSSR count). The van der Waals surface area contributed by atoms with Gasteiger partial charge < -0.3 is 10.6 Å². The number of nitrogens with one attached hydrogen (secondary N) is 2. The van der Waals surface area contributed by atoms with Gasteiger partial charge in [-0.3, -0.25) is 9.59 Å². The highest BCUT2D eigenvalue weighted by molar-refractivity contribution is 5.85. The summed E-state index contributed by atoms with van der Waals surface area (Å²) in [6.07, 6.45) is 8.10. The quantitative estimate of drug-likeness (QED) is 0.792. The van der Waals surface area contributed by atoms with Gasteiger partial charge in [-0.25, -0.2) is 0 Å². The lowest BCUT2D eigenvalue weighted by atomic mass is 9.76. The van der Waals surface area contributed by atoms with E-state index >= 15 is 0 Å². The van der Waals surface area contributed by atoms with Crippen LogP contribution in [0.1, 0.15) is 86.0 Å². The second-order valence-corrected chi connectivity index (χ2v) is 9.58. The van der Waals surface area contributed by atoms with Crippen molar-refractivity contribution in [3.05, 3.63) is 0 Å². The van der Waals surface area contributed by atoms with Crippen molar-refractivity contribution in [1.82, 2.24) is 10.6 Å². The maximum Gasteiger partial charge on any atom is 0.223 e. The first-order valence-electron chi connectivity index (χ1n) is 10.3. The minimum Gasteiger partial charge on any atom is -0.353 e. The van der Waals surface area contributed by atoms with Crippen LogP contribution in [0.3, 0.4) is 0 Å². The van der Waals surface area contributed by atoms with Gasteiger partial charge >= 0.3 is 0 Å². The number of hydrogen-bond acceptors (Lipinski definition) is 3. The summed E-state index contributed by atoms with van der Waals surface area (Å²) in [5.74, 6) is 0.713. The summed E-state index contributed by atoms with van der Waals surface area (Å²) in [5.41, 5.74) is 0.115. The van der Waals surface area contributed by atoms with Gasteiger partial charge in [0.2, 0.25) is 5.91 Å². The molecule has 4 unspecified atom stereocenters. The molecule has 4 heteroatoms. The normalized spacial score (nSPS) is 31.0. The van der Waals surface area contributed by atoms with Gasteiger partial charge in [0, 0.05) is 35.4 Å². The van der Waals surface area contributed by atoms with E-state index in [-0.39, 0.29) is 35.2 Å². The van der Waals surface area contributed by atoms with Gasteiger partial charge in [0.25, 0.3) is 0 Å². The average Bonchev–Trinajstić information content (AvgIpc) is 2.52. The van der Waals surface area contributed by atoms with E-state index in [4.69, 9.17) is 0 Å². The monoisotopic (exact) mass is 350 g/mol. The molecule has 0 heterocycles. The van der Waals surface area contributed by atoms with Gasteiger partial charge in [-0.2, -0.15) is 0 Å². The molecule has 0 aromatic carbocycles. The fourth-order valence-corrected chi connectivity index (χ4v) is 4.54. The van der Waals surface area contributed by atoms with Crippen molar-refractivity contribution < 1.29 is 9.59 Å². The number of carbonyl (C=O) groups is 2. The molecule has 2 saturated carbocycles. The van der Waals surface area contributed by atoms with Crippen molar-refractivity contribution in [1.29, 1.82) is 0 Å². The van der Waals surface area contributed by atoms with E-state index < -0.39 is 0 Å². The van der Waals surface area contributed by atoms with Gasteiger partial charge in [-0.1, -0.05) is 20.3 Å². The van der Waals surface area contributed by atoms with Crippen molar-refractivity contribution in [3.8, 4) is 0 Å². The van der Waals surface area contributed by atoms with Crippen LogP contribution < -0.4 is 10.6 Å². The van der Waals surface area contributed by atoms with E-state index in [2.05, 4.69) is 31.4 Å². The summed E-state index contributed by atoms with van der Waals surface area (Å²) in [5, 5.41) is 6.98. The van der Waals surface area contributed by atoms with Gasteiger partial charge in [0.15, 0.2) is 0 Å². The Morgan fingerprint density at radius 2 is 1.48 bits per heavy atom. The lowest BCUT2D eigenvalue weighted by Crippen LogP contribution is -2.50. The molecule has 4 nitrogen and oxygen atoms in total. The van der Waals surface area contributed by atoms with E-state index in [9.17, 15) is 9.59 Å². The second-order valence-electron chi connectivity index (χ2n) is 9.58. The smallest absolute Gasteiger partial charge is 0.223 e. The molecule has 0 aromatic heterocycles. The maximum absolute atomic E-state index is 12.8. The standard InChI is InChI=1S/C21H38N2O2/c1-14(2)19(24)15-8-6-9-16(12-15)20(25)22-17-10-7-11-18(13-17)23-21(3,4)5/h14-18,23H,6-13H2,1-5H3,(H,22,25). The largest absolute Gasteiger partial charge is 0.353 e. The lowest BCUT2D eigenvalue weighted by Gasteiger charge is -2.36. The van der Waals surface area contributed by atoms with Crippen LogP contribution in [0.4, 0.5) is 0 Å². The zero-order chi connectivity index (χ0) is 18.6. The van der Waals surface area contributed by atoms with Crippen molar-refractivity contribution >= 4 is 11.7 Å². The molecule has 2 aliphatic rings. The fraction of sp³-hybridized carbons (Fsp3) is 0.905. The number of hydrogen-bond donors (Lipinski definition) is 2. The first-order chi connectivity index (χ1) is 11.7. The van der Waals surface area contributed by atoms with E-state index in [0.29, 0.717) is 11.8 Å². The third-order valence-corrected chi connectivity index (χ3v) is 5.67. The molecule has 0 radical (unpaired) electrons. The number of carbonyl (C=O) groups excluding carboxylic acids is 2. The molecule has 2 N–H and O–H groups in total. The number of ketones is 1. The number of Topliss-reactive ketones (excluding diaryl/α,β-unsaturated/α-hetero) is 1. The van der Waals surface area contributed by atoms with E-state index in [1.54, 1.807) is 0 Å². The highest BCUT2D eigenvalue weighted by atomic mass is 16.2. The third-order valence-electron chi connectivity index (χ3n) is 5.67. The van der Waals surface area contributed by atoms with Gasteiger partial charge in [0.05, 0.1) is 0 Å². The minimum absolute atomic E-state index is 0.0254. The minimum atomic E-state index is 0.0254. The summed E-state index contributed by atoms with van der Waals surface area (Å²) >= 11 is 0. The predicted octanol–water partition coefficient (Wildman–Crippen LogP) is 3.83. The number of rotatable bonds is 5. The van der Waals surface area contributed by atoms with Crippen LogP contribution in [0.5, 0.6) is 0 Å². The summed E-state index contributed by atoms with van der Waals surface area (Å²) in [6, 6.07) is 0.767. The Labute approximate surface area is 153 Å². The Morgan fingerprint density at radius 1 is 0.880 bits per heavy atom. The summed E-state index contributed by atoms with van der Waals surface area (Å²) in [6.45, 7) is 10.5. The molecule has 0 aliphatic heterocycles. The van der Waals surface area contributed by atoms with Crippen molar-refractivity contribution in [2.75, 3.05) is 0 Å². The highest BCUT2D eigenvalue weighted by Crippen LogP contribution is 2.32. The van der Waals surface area contributed by atoms with Crippen LogP contribution in [0.2, 0.25) is 0 Å². The van der Waals surface area contributed by atoms with E-state index in [1.165, 1.54) is 6.42 Å². The molecule has 0 spiro atoms. The Morgan fingerprint density at radius 3 is 2.12 bits per heavy atom. The zero-order valence-corrected chi connectivity index (χ0v) is 16.9. The first-order valence-corrected chi connectivity index (χ1v) is 10.3. The summed E-state index contributed by atoms with van der Waals surface area (Å²) in [7, 11) is 0. The van der Waals surface area contributed by atoms with E-state index in [1.807, 2.05) is 13.8 Å². The van der Waals surface area contributed by atoms with Crippen LogP contribution in [-0.2, 0) is 9.59 Å². The van der Waals surface area contributed by atoms with Crippen molar-refractivity contribution in [3.63, 3.8) is 0 Å².